The number of carbonyl (C=O) groups is 1. The second-order valence-electron chi connectivity index (χ2n) is 7.84. The van der Waals surface area contributed by atoms with Crippen molar-refractivity contribution in [3.63, 3.8) is 0 Å². The summed E-state index contributed by atoms with van der Waals surface area (Å²) in [5.41, 5.74) is 6.16. The van der Waals surface area contributed by atoms with Gasteiger partial charge in [-0.2, -0.15) is 0 Å². The molecule has 0 saturated heterocycles. The fourth-order valence-corrected chi connectivity index (χ4v) is 4.30. The van der Waals surface area contributed by atoms with Crippen LogP contribution in [0.3, 0.4) is 0 Å². The molecule has 3 rings (SSSR count). The van der Waals surface area contributed by atoms with E-state index in [2.05, 4.69) is 53.8 Å². The molecule has 1 aromatic carbocycles. The number of aromatic nitrogens is 1. The van der Waals surface area contributed by atoms with E-state index >= 15 is 0 Å². The van der Waals surface area contributed by atoms with Crippen LogP contribution in [-0.4, -0.2) is 41.6 Å². The molecule has 1 aliphatic carbocycles. The minimum Gasteiger partial charge on any atom is -0.352 e. The number of nitrogens with one attached hydrogen (secondary N) is 1. The van der Waals surface area contributed by atoms with Gasteiger partial charge in [-0.05, 0) is 94.6 Å². The van der Waals surface area contributed by atoms with E-state index in [1.807, 2.05) is 12.1 Å². The molecule has 1 N–H and O–H groups in total. The van der Waals surface area contributed by atoms with Crippen molar-refractivity contribution >= 4 is 5.91 Å². The molecule has 0 saturated carbocycles. The van der Waals surface area contributed by atoms with E-state index in [9.17, 15) is 4.79 Å². The van der Waals surface area contributed by atoms with Crippen LogP contribution in [0, 0.1) is 6.92 Å². The Kier molecular flexibility index (Phi) is 7.32. The summed E-state index contributed by atoms with van der Waals surface area (Å²) in [5, 5.41) is 3.05. The first-order valence-corrected chi connectivity index (χ1v) is 10.9. The Hall–Kier alpha value is -2.07. The van der Waals surface area contributed by atoms with Gasteiger partial charge in [0, 0.05) is 29.2 Å². The van der Waals surface area contributed by atoms with Gasteiger partial charge in [0.05, 0.1) is 0 Å². The zero-order chi connectivity index (χ0) is 19.9. The molecular weight excluding hydrogens is 346 g/mol. The lowest BCUT2D eigenvalue weighted by Gasteiger charge is -2.17. The molecule has 0 radical (unpaired) electrons. The Balaban J connectivity index is 1.62. The van der Waals surface area contributed by atoms with Gasteiger partial charge in [-0.15, -0.1) is 0 Å². The number of fused-ring (bicyclic) bond motifs is 1. The quantitative estimate of drug-likeness (QED) is 0.539. The third-order valence-corrected chi connectivity index (χ3v) is 5.95. The van der Waals surface area contributed by atoms with Gasteiger partial charge in [-0.3, -0.25) is 4.79 Å². The van der Waals surface area contributed by atoms with E-state index in [4.69, 9.17) is 0 Å². The van der Waals surface area contributed by atoms with Crippen LogP contribution in [0.2, 0.25) is 0 Å². The molecule has 1 heterocycles. The maximum atomic E-state index is 12.4. The SMILES string of the molecule is CCN(CC)CCCNC(=O)c1ccc(-n2c(C)cc3c2CCCCC3)cc1. The van der Waals surface area contributed by atoms with Crippen molar-refractivity contribution in [1.82, 2.24) is 14.8 Å². The maximum Gasteiger partial charge on any atom is 0.251 e. The summed E-state index contributed by atoms with van der Waals surface area (Å²) < 4.78 is 2.38. The van der Waals surface area contributed by atoms with Crippen LogP contribution < -0.4 is 5.32 Å². The normalized spacial score (nSPS) is 14.0. The predicted molar refractivity (Wildman–Crippen MR) is 117 cm³/mol. The van der Waals surface area contributed by atoms with E-state index in [-0.39, 0.29) is 5.91 Å². The molecule has 0 fully saturated rings. The zero-order valence-corrected chi connectivity index (χ0v) is 17.8. The summed E-state index contributed by atoms with van der Waals surface area (Å²) in [6, 6.07) is 10.4. The second-order valence-corrected chi connectivity index (χ2v) is 7.84. The number of aryl methyl sites for hydroxylation is 2. The molecule has 2 aromatic rings. The number of amides is 1. The second kappa shape index (κ2) is 9.92. The summed E-state index contributed by atoms with van der Waals surface area (Å²) in [6.07, 6.45) is 7.21. The molecule has 0 spiro atoms. The Labute approximate surface area is 169 Å². The van der Waals surface area contributed by atoms with Crippen molar-refractivity contribution in [2.24, 2.45) is 0 Å². The Morgan fingerprint density at radius 1 is 1.07 bits per heavy atom. The highest BCUT2D eigenvalue weighted by Crippen LogP contribution is 2.27. The Morgan fingerprint density at radius 3 is 2.50 bits per heavy atom. The maximum absolute atomic E-state index is 12.4. The fourth-order valence-electron chi connectivity index (χ4n) is 4.30. The monoisotopic (exact) mass is 381 g/mol. The minimum atomic E-state index is 0.0224. The molecule has 1 aromatic heterocycles. The van der Waals surface area contributed by atoms with E-state index in [1.54, 1.807) is 0 Å². The number of carbonyl (C=O) groups excluding carboxylic acids is 1. The lowest BCUT2D eigenvalue weighted by atomic mass is 10.1. The fraction of sp³-hybridized carbons (Fsp3) is 0.542. The number of benzene rings is 1. The van der Waals surface area contributed by atoms with Crippen LogP contribution in [-0.2, 0) is 12.8 Å². The van der Waals surface area contributed by atoms with Gasteiger partial charge in [-0.1, -0.05) is 20.3 Å². The molecule has 0 aliphatic heterocycles. The smallest absolute Gasteiger partial charge is 0.251 e. The molecule has 1 aliphatic rings. The Bertz CT molecular complexity index is 772. The lowest BCUT2D eigenvalue weighted by Crippen LogP contribution is -2.29. The summed E-state index contributed by atoms with van der Waals surface area (Å²) in [7, 11) is 0. The number of hydrogen-bond acceptors (Lipinski definition) is 2. The molecule has 0 bridgehead atoms. The average Bonchev–Trinajstić information content (AvgIpc) is 2.87. The van der Waals surface area contributed by atoms with Crippen LogP contribution in [0.15, 0.2) is 30.3 Å². The van der Waals surface area contributed by atoms with Crippen molar-refractivity contribution < 1.29 is 4.79 Å². The van der Waals surface area contributed by atoms with Crippen LogP contribution in [0.25, 0.3) is 5.69 Å². The molecule has 1 amide bonds. The van der Waals surface area contributed by atoms with Gasteiger partial charge in [0.2, 0.25) is 0 Å². The summed E-state index contributed by atoms with van der Waals surface area (Å²) >= 11 is 0. The van der Waals surface area contributed by atoms with Crippen molar-refractivity contribution in [1.29, 1.82) is 0 Å². The molecule has 4 heteroatoms. The molecule has 152 valence electrons. The summed E-state index contributed by atoms with van der Waals surface area (Å²) in [4.78, 5) is 14.8. The molecule has 0 unspecified atom stereocenters. The van der Waals surface area contributed by atoms with Crippen molar-refractivity contribution in [2.75, 3.05) is 26.2 Å². The number of rotatable bonds is 8. The first kappa shape index (κ1) is 20.7. The lowest BCUT2D eigenvalue weighted by molar-refractivity contribution is 0.0952. The average molecular weight is 382 g/mol. The van der Waals surface area contributed by atoms with Crippen LogP contribution in [0.1, 0.15) is 66.8 Å². The Morgan fingerprint density at radius 2 is 1.79 bits per heavy atom. The van der Waals surface area contributed by atoms with Gasteiger partial charge < -0.3 is 14.8 Å². The van der Waals surface area contributed by atoms with E-state index in [0.29, 0.717) is 0 Å². The standard InChI is InChI=1S/C24H35N3O/c1-4-26(5-2)17-9-16-25-24(28)20-12-14-22(15-13-20)27-19(3)18-21-10-7-6-8-11-23(21)27/h12-15,18H,4-11,16-17H2,1-3H3,(H,25,28). The third-order valence-electron chi connectivity index (χ3n) is 5.95. The zero-order valence-electron chi connectivity index (χ0n) is 17.8. The number of hydrogen-bond donors (Lipinski definition) is 1. The van der Waals surface area contributed by atoms with Crippen molar-refractivity contribution in [3.05, 3.63) is 52.8 Å². The van der Waals surface area contributed by atoms with Gasteiger partial charge in [0.15, 0.2) is 0 Å². The van der Waals surface area contributed by atoms with Crippen molar-refractivity contribution in [3.8, 4) is 5.69 Å². The highest BCUT2D eigenvalue weighted by Gasteiger charge is 2.16. The van der Waals surface area contributed by atoms with E-state index in [1.165, 1.54) is 48.3 Å². The van der Waals surface area contributed by atoms with E-state index < -0.39 is 0 Å². The highest BCUT2D eigenvalue weighted by atomic mass is 16.1. The molecule has 4 nitrogen and oxygen atoms in total. The highest BCUT2D eigenvalue weighted by molar-refractivity contribution is 5.94. The van der Waals surface area contributed by atoms with Gasteiger partial charge in [0.1, 0.15) is 0 Å². The number of nitrogens with zero attached hydrogens (tertiary/aromatic N) is 2. The summed E-state index contributed by atoms with van der Waals surface area (Å²) in [6.45, 7) is 10.4. The first-order chi connectivity index (χ1) is 13.6. The van der Waals surface area contributed by atoms with Crippen molar-refractivity contribution in [2.45, 2.75) is 59.3 Å². The third kappa shape index (κ3) is 4.85. The van der Waals surface area contributed by atoms with Gasteiger partial charge in [0.25, 0.3) is 5.91 Å². The topological polar surface area (TPSA) is 37.3 Å². The van der Waals surface area contributed by atoms with E-state index in [0.717, 1.165) is 44.6 Å². The van der Waals surface area contributed by atoms with Gasteiger partial charge >= 0.3 is 0 Å². The molecular formula is C24H35N3O. The predicted octanol–water partition coefficient (Wildman–Crippen LogP) is 4.52. The molecule has 28 heavy (non-hydrogen) atoms. The van der Waals surface area contributed by atoms with Gasteiger partial charge in [-0.25, -0.2) is 0 Å². The largest absolute Gasteiger partial charge is 0.352 e. The summed E-state index contributed by atoms with van der Waals surface area (Å²) in [5.74, 6) is 0.0224. The van der Waals surface area contributed by atoms with Crippen LogP contribution in [0.5, 0.6) is 0 Å². The minimum absolute atomic E-state index is 0.0224. The van der Waals surface area contributed by atoms with Crippen LogP contribution in [0.4, 0.5) is 0 Å². The first-order valence-electron chi connectivity index (χ1n) is 10.9. The molecule has 0 atom stereocenters. The van der Waals surface area contributed by atoms with Crippen LogP contribution >= 0.6 is 0 Å².